The maximum absolute atomic E-state index is 12.4. The molecular formula is C21H23ClN2O2. The summed E-state index contributed by atoms with van der Waals surface area (Å²) in [6.07, 6.45) is 1.42. The SMILES string of the molecule is CC(C)CC(=O)N1CCc2cc(CNC(=O)c3cccc(Cl)c3)ccc21. The summed E-state index contributed by atoms with van der Waals surface area (Å²) >= 11 is 5.93. The van der Waals surface area contributed by atoms with Gasteiger partial charge in [0.25, 0.3) is 5.91 Å². The summed E-state index contributed by atoms with van der Waals surface area (Å²) in [7, 11) is 0. The average molecular weight is 371 g/mol. The van der Waals surface area contributed by atoms with Gasteiger partial charge in [-0.05, 0) is 47.7 Å². The van der Waals surface area contributed by atoms with E-state index >= 15 is 0 Å². The standard InChI is InChI=1S/C21H23ClN2O2/c1-14(2)10-20(25)24-9-8-16-11-15(6-7-19(16)24)13-23-21(26)17-4-3-5-18(22)12-17/h3-7,11-12,14H,8-10,13H2,1-2H3,(H,23,26). The second kappa shape index (κ2) is 7.92. The number of carbonyl (C=O) groups excluding carboxylic acids is 2. The lowest BCUT2D eigenvalue weighted by Crippen LogP contribution is -2.29. The minimum absolute atomic E-state index is 0.151. The Kier molecular flexibility index (Phi) is 5.62. The van der Waals surface area contributed by atoms with Gasteiger partial charge in [-0.25, -0.2) is 0 Å². The molecule has 4 nitrogen and oxygen atoms in total. The van der Waals surface area contributed by atoms with E-state index in [4.69, 9.17) is 11.6 Å². The third-order valence-corrected chi connectivity index (χ3v) is 4.70. The number of hydrogen-bond donors (Lipinski definition) is 1. The molecule has 1 aliphatic heterocycles. The molecule has 0 saturated heterocycles. The number of nitrogens with one attached hydrogen (secondary N) is 1. The van der Waals surface area contributed by atoms with Gasteiger partial charge < -0.3 is 10.2 Å². The maximum Gasteiger partial charge on any atom is 0.251 e. The van der Waals surface area contributed by atoms with Crippen molar-refractivity contribution in [2.24, 2.45) is 5.92 Å². The fourth-order valence-corrected chi connectivity index (χ4v) is 3.39. The molecule has 3 rings (SSSR count). The molecule has 1 aliphatic rings. The molecule has 0 bridgehead atoms. The Morgan fingerprint density at radius 2 is 2.00 bits per heavy atom. The molecule has 136 valence electrons. The van der Waals surface area contributed by atoms with Crippen molar-refractivity contribution in [3.63, 3.8) is 0 Å². The molecule has 2 aromatic rings. The second-order valence-electron chi connectivity index (χ2n) is 7.05. The van der Waals surface area contributed by atoms with E-state index in [0.717, 1.165) is 29.8 Å². The highest BCUT2D eigenvalue weighted by atomic mass is 35.5. The quantitative estimate of drug-likeness (QED) is 0.857. The molecule has 0 aliphatic carbocycles. The van der Waals surface area contributed by atoms with Crippen LogP contribution in [-0.4, -0.2) is 18.4 Å². The van der Waals surface area contributed by atoms with E-state index in [1.807, 2.05) is 17.0 Å². The Balaban J connectivity index is 1.65. The van der Waals surface area contributed by atoms with E-state index in [-0.39, 0.29) is 11.8 Å². The van der Waals surface area contributed by atoms with Crippen molar-refractivity contribution >= 4 is 29.1 Å². The molecule has 26 heavy (non-hydrogen) atoms. The molecule has 5 heteroatoms. The number of rotatable bonds is 5. The molecule has 0 saturated carbocycles. The van der Waals surface area contributed by atoms with Crippen molar-refractivity contribution in [2.45, 2.75) is 33.2 Å². The second-order valence-corrected chi connectivity index (χ2v) is 7.49. The highest BCUT2D eigenvalue weighted by molar-refractivity contribution is 6.30. The lowest BCUT2D eigenvalue weighted by atomic mass is 10.1. The number of nitrogens with zero attached hydrogens (tertiary/aromatic N) is 1. The van der Waals surface area contributed by atoms with Crippen LogP contribution in [0.1, 0.15) is 41.8 Å². The van der Waals surface area contributed by atoms with Crippen molar-refractivity contribution in [1.82, 2.24) is 5.32 Å². The topological polar surface area (TPSA) is 49.4 Å². The van der Waals surface area contributed by atoms with Crippen LogP contribution in [0.4, 0.5) is 5.69 Å². The smallest absolute Gasteiger partial charge is 0.251 e. The zero-order valence-corrected chi connectivity index (χ0v) is 15.8. The Morgan fingerprint density at radius 3 is 2.73 bits per heavy atom. The molecule has 0 atom stereocenters. The molecule has 0 radical (unpaired) electrons. The predicted octanol–water partition coefficient (Wildman–Crippen LogP) is 4.21. The molecule has 1 heterocycles. The van der Waals surface area contributed by atoms with E-state index < -0.39 is 0 Å². The van der Waals surface area contributed by atoms with Crippen molar-refractivity contribution in [3.05, 3.63) is 64.2 Å². The normalized spacial score (nSPS) is 13.0. The summed E-state index contributed by atoms with van der Waals surface area (Å²) in [5.41, 5.74) is 3.73. The third kappa shape index (κ3) is 4.25. The molecule has 0 unspecified atom stereocenters. The van der Waals surface area contributed by atoms with Gasteiger partial charge in [-0.1, -0.05) is 43.6 Å². The number of amides is 2. The number of benzene rings is 2. The van der Waals surface area contributed by atoms with Crippen LogP contribution in [0, 0.1) is 5.92 Å². The molecular weight excluding hydrogens is 348 g/mol. The number of carbonyl (C=O) groups is 2. The van der Waals surface area contributed by atoms with Gasteiger partial charge in [0.1, 0.15) is 0 Å². The van der Waals surface area contributed by atoms with E-state index in [1.54, 1.807) is 24.3 Å². The Labute approximate surface area is 159 Å². The first-order valence-corrected chi connectivity index (χ1v) is 9.28. The van der Waals surface area contributed by atoms with Gasteiger partial charge in [-0.3, -0.25) is 9.59 Å². The van der Waals surface area contributed by atoms with Gasteiger partial charge in [0.05, 0.1) is 0 Å². The first-order valence-electron chi connectivity index (χ1n) is 8.90. The van der Waals surface area contributed by atoms with Gasteiger partial charge in [0, 0.05) is 35.8 Å². The fraction of sp³-hybridized carbons (Fsp3) is 0.333. The van der Waals surface area contributed by atoms with E-state index in [9.17, 15) is 9.59 Å². The predicted molar refractivity (Wildman–Crippen MR) is 105 cm³/mol. The van der Waals surface area contributed by atoms with Crippen LogP contribution < -0.4 is 10.2 Å². The monoisotopic (exact) mass is 370 g/mol. The van der Waals surface area contributed by atoms with Gasteiger partial charge >= 0.3 is 0 Å². The number of hydrogen-bond acceptors (Lipinski definition) is 2. The zero-order chi connectivity index (χ0) is 18.7. The number of halogens is 1. The van der Waals surface area contributed by atoms with Crippen LogP contribution in [0.5, 0.6) is 0 Å². The summed E-state index contributed by atoms with van der Waals surface area (Å²) in [4.78, 5) is 26.5. The first kappa shape index (κ1) is 18.5. The van der Waals surface area contributed by atoms with Gasteiger partial charge in [-0.2, -0.15) is 0 Å². The molecule has 0 aromatic heterocycles. The Hall–Kier alpha value is -2.33. The molecule has 0 fully saturated rings. The van der Waals surface area contributed by atoms with Crippen molar-refractivity contribution in [2.75, 3.05) is 11.4 Å². The lowest BCUT2D eigenvalue weighted by Gasteiger charge is -2.18. The largest absolute Gasteiger partial charge is 0.348 e. The number of fused-ring (bicyclic) bond motifs is 1. The van der Waals surface area contributed by atoms with Crippen molar-refractivity contribution in [1.29, 1.82) is 0 Å². The maximum atomic E-state index is 12.4. The van der Waals surface area contributed by atoms with Crippen LogP contribution in [0.25, 0.3) is 0 Å². The lowest BCUT2D eigenvalue weighted by molar-refractivity contribution is -0.119. The average Bonchev–Trinajstić information content (AvgIpc) is 3.02. The van der Waals surface area contributed by atoms with Crippen LogP contribution in [-0.2, 0) is 17.8 Å². The van der Waals surface area contributed by atoms with Gasteiger partial charge in [0.15, 0.2) is 0 Å². The van der Waals surface area contributed by atoms with Crippen LogP contribution >= 0.6 is 11.6 Å². The molecule has 1 N–H and O–H groups in total. The van der Waals surface area contributed by atoms with E-state index in [1.165, 1.54) is 0 Å². The summed E-state index contributed by atoms with van der Waals surface area (Å²) in [5, 5.41) is 3.46. The Bertz CT molecular complexity index is 833. The zero-order valence-electron chi connectivity index (χ0n) is 15.1. The Morgan fingerprint density at radius 1 is 1.19 bits per heavy atom. The van der Waals surface area contributed by atoms with Crippen LogP contribution in [0.15, 0.2) is 42.5 Å². The fourth-order valence-electron chi connectivity index (χ4n) is 3.20. The van der Waals surface area contributed by atoms with Crippen LogP contribution in [0.2, 0.25) is 5.02 Å². The van der Waals surface area contributed by atoms with E-state index in [2.05, 4.69) is 25.2 Å². The minimum atomic E-state index is -0.151. The van der Waals surface area contributed by atoms with Crippen molar-refractivity contribution in [3.8, 4) is 0 Å². The first-order chi connectivity index (χ1) is 12.4. The molecule has 2 aromatic carbocycles. The highest BCUT2D eigenvalue weighted by Gasteiger charge is 2.25. The summed E-state index contributed by atoms with van der Waals surface area (Å²) < 4.78 is 0. The molecule has 0 spiro atoms. The van der Waals surface area contributed by atoms with Gasteiger partial charge in [-0.15, -0.1) is 0 Å². The third-order valence-electron chi connectivity index (χ3n) is 4.46. The van der Waals surface area contributed by atoms with Gasteiger partial charge in [0.2, 0.25) is 5.91 Å². The van der Waals surface area contributed by atoms with Crippen LogP contribution in [0.3, 0.4) is 0 Å². The highest BCUT2D eigenvalue weighted by Crippen LogP contribution is 2.30. The molecule has 2 amide bonds. The summed E-state index contributed by atoms with van der Waals surface area (Å²) in [6.45, 7) is 5.29. The summed E-state index contributed by atoms with van der Waals surface area (Å²) in [6, 6.07) is 12.9. The van der Waals surface area contributed by atoms with Crippen molar-refractivity contribution < 1.29 is 9.59 Å². The summed E-state index contributed by atoms with van der Waals surface area (Å²) in [5.74, 6) is 0.384. The number of anilines is 1. The minimum Gasteiger partial charge on any atom is -0.348 e. The van der Waals surface area contributed by atoms with E-state index in [0.29, 0.717) is 29.5 Å².